The molecule has 1 saturated carbocycles. The number of benzene rings is 2. The van der Waals surface area contributed by atoms with E-state index >= 15 is 0 Å². The van der Waals surface area contributed by atoms with Gasteiger partial charge in [0.15, 0.2) is 0 Å². The van der Waals surface area contributed by atoms with Crippen LogP contribution in [-0.2, 0) is 6.54 Å². The molecule has 1 aromatic heterocycles. The second-order valence-electron chi connectivity index (χ2n) is 9.29. The van der Waals surface area contributed by atoms with Gasteiger partial charge in [-0.05, 0) is 69.1 Å². The Hall–Kier alpha value is -2.76. The fourth-order valence-electron chi connectivity index (χ4n) is 5.22. The molecule has 0 amide bonds. The van der Waals surface area contributed by atoms with Gasteiger partial charge in [0.2, 0.25) is 0 Å². The van der Waals surface area contributed by atoms with E-state index < -0.39 is 0 Å². The van der Waals surface area contributed by atoms with Crippen molar-refractivity contribution in [1.29, 1.82) is 0 Å². The van der Waals surface area contributed by atoms with Crippen molar-refractivity contribution in [2.75, 3.05) is 25.7 Å². The summed E-state index contributed by atoms with van der Waals surface area (Å²) in [5.41, 5.74) is 4.43. The van der Waals surface area contributed by atoms with Crippen molar-refractivity contribution in [1.82, 2.24) is 14.8 Å². The molecule has 1 aliphatic carbocycles. The largest absolute Gasteiger partial charge is 0.313 e. The monoisotopic (exact) mass is 430 g/mol. The summed E-state index contributed by atoms with van der Waals surface area (Å²) in [6, 6.07) is 21.9. The molecule has 5 heteroatoms. The molecule has 2 heterocycles. The fraction of sp³-hybridized carbons (Fsp3) is 0.370. The van der Waals surface area contributed by atoms with Gasteiger partial charge < -0.3 is 9.80 Å². The Kier molecular flexibility index (Phi) is 5.94. The van der Waals surface area contributed by atoms with E-state index in [1.54, 1.807) is 6.07 Å². The van der Waals surface area contributed by atoms with Gasteiger partial charge in [-0.25, -0.2) is 9.37 Å². The van der Waals surface area contributed by atoms with Gasteiger partial charge in [-0.15, -0.1) is 0 Å². The lowest BCUT2D eigenvalue weighted by Gasteiger charge is -2.44. The number of fused-ring (bicyclic) bond motifs is 1. The van der Waals surface area contributed by atoms with Crippen LogP contribution in [0.1, 0.15) is 31.2 Å². The minimum absolute atomic E-state index is 0.264. The average molecular weight is 431 g/mol. The van der Waals surface area contributed by atoms with Crippen molar-refractivity contribution >= 4 is 11.5 Å². The molecular weight excluding hydrogens is 399 g/mol. The Balaban J connectivity index is 1.45. The molecule has 166 valence electrons. The normalized spacial score (nSPS) is 21.6. The first kappa shape index (κ1) is 21.1. The van der Waals surface area contributed by atoms with Crippen molar-refractivity contribution in [3.63, 3.8) is 0 Å². The van der Waals surface area contributed by atoms with Crippen LogP contribution in [0.25, 0.3) is 11.1 Å². The maximum Gasteiger partial charge on any atom is 0.141 e. The van der Waals surface area contributed by atoms with E-state index in [2.05, 4.69) is 82.3 Å². The van der Waals surface area contributed by atoms with Crippen LogP contribution >= 0.6 is 0 Å². The van der Waals surface area contributed by atoms with E-state index in [1.807, 2.05) is 6.07 Å². The smallest absolute Gasteiger partial charge is 0.141 e. The highest BCUT2D eigenvalue weighted by Crippen LogP contribution is 2.37. The minimum atomic E-state index is -0.264. The molecule has 4 nitrogen and oxygen atoms in total. The first-order valence-corrected chi connectivity index (χ1v) is 11.6. The van der Waals surface area contributed by atoms with Crippen LogP contribution in [0.15, 0.2) is 66.9 Å². The SMILES string of the molecule is CN(C)C1CCC(N2Cc3cc(F)cnc3N(c3cccc(-c4ccccc4)c3)C2)CC1. The topological polar surface area (TPSA) is 22.6 Å². The number of pyridine rings is 1. The van der Waals surface area contributed by atoms with Crippen LogP contribution in [0.4, 0.5) is 15.9 Å². The molecule has 2 aliphatic rings. The Morgan fingerprint density at radius 2 is 1.66 bits per heavy atom. The van der Waals surface area contributed by atoms with Crippen LogP contribution in [0.3, 0.4) is 0 Å². The third kappa shape index (κ3) is 4.27. The van der Waals surface area contributed by atoms with E-state index in [-0.39, 0.29) is 5.82 Å². The second kappa shape index (κ2) is 9.00. The van der Waals surface area contributed by atoms with Gasteiger partial charge >= 0.3 is 0 Å². The molecule has 1 fully saturated rings. The summed E-state index contributed by atoms with van der Waals surface area (Å²) in [7, 11) is 4.36. The first-order valence-electron chi connectivity index (χ1n) is 11.6. The minimum Gasteiger partial charge on any atom is -0.313 e. The number of hydrogen-bond donors (Lipinski definition) is 0. The van der Waals surface area contributed by atoms with Gasteiger partial charge in [0, 0.05) is 29.9 Å². The Labute approximate surface area is 190 Å². The summed E-state index contributed by atoms with van der Waals surface area (Å²) in [4.78, 5) is 11.6. The second-order valence-corrected chi connectivity index (χ2v) is 9.29. The first-order chi connectivity index (χ1) is 15.6. The highest BCUT2D eigenvalue weighted by atomic mass is 19.1. The molecule has 32 heavy (non-hydrogen) atoms. The van der Waals surface area contributed by atoms with E-state index in [9.17, 15) is 4.39 Å². The zero-order valence-electron chi connectivity index (χ0n) is 18.9. The van der Waals surface area contributed by atoms with Crippen molar-refractivity contribution in [3.8, 4) is 11.1 Å². The number of rotatable bonds is 4. The summed E-state index contributed by atoms with van der Waals surface area (Å²) in [6.07, 6.45) is 6.13. The van der Waals surface area contributed by atoms with E-state index in [0.29, 0.717) is 12.1 Å². The zero-order valence-corrected chi connectivity index (χ0v) is 18.9. The molecule has 0 saturated heterocycles. The molecule has 2 aromatic carbocycles. The van der Waals surface area contributed by atoms with Crippen molar-refractivity contribution in [2.24, 2.45) is 0 Å². The molecule has 0 atom stereocenters. The maximum atomic E-state index is 14.1. The lowest BCUT2D eigenvalue weighted by molar-refractivity contribution is 0.109. The van der Waals surface area contributed by atoms with Crippen molar-refractivity contribution < 1.29 is 4.39 Å². The fourth-order valence-corrected chi connectivity index (χ4v) is 5.22. The Bertz CT molecular complexity index is 1060. The van der Waals surface area contributed by atoms with E-state index in [0.717, 1.165) is 30.3 Å². The predicted octanol–water partition coefficient (Wildman–Crippen LogP) is 5.67. The lowest BCUT2D eigenvalue weighted by atomic mass is 9.89. The lowest BCUT2D eigenvalue weighted by Crippen LogP contribution is -2.48. The van der Waals surface area contributed by atoms with Gasteiger partial charge in [-0.3, -0.25) is 4.90 Å². The third-order valence-electron chi connectivity index (χ3n) is 7.04. The standard InChI is InChI=1S/C27H31FN4/c1-30(2)24-11-13-25(14-12-24)31-18-22-15-23(28)17-29-27(22)32(19-31)26-10-6-9-21(16-26)20-7-4-3-5-8-20/h3-10,15-17,24-25H,11-14,18-19H2,1-2H3. The van der Waals surface area contributed by atoms with E-state index in [4.69, 9.17) is 0 Å². The van der Waals surface area contributed by atoms with Gasteiger partial charge in [-0.1, -0.05) is 42.5 Å². The van der Waals surface area contributed by atoms with Gasteiger partial charge in [-0.2, -0.15) is 0 Å². The van der Waals surface area contributed by atoms with Crippen LogP contribution in [-0.4, -0.2) is 47.6 Å². The quantitative estimate of drug-likeness (QED) is 0.532. The highest BCUT2D eigenvalue weighted by Gasteiger charge is 2.32. The molecule has 1 aliphatic heterocycles. The Morgan fingerprint density at radius 1 is 0.906 bits per heavy atom. The molecular formula is C27H31FN4. The zero-order chi connectivity index (χ0) is 22.1. The summed E-state index contributed by atoms with van der Waals surface area (Å²) >= 11 is 0. The van der Waals surface area contributed by atoms with Crippen LogP contribution in [0, 0.1) is 5.82 Å². The molecule has 0 bridgehead atoms. The van der Waals surface area contributed by atoms with Crippen molar-refractivity contribution in [2.45, 2.75) is 44.3 Å². The third-order valence-corrected chi connectivity index (χ3v) is 7.04. The highest BCUT2D eigenvalue weighted by molar-refractivity contribution is 5.72. The molecule has 0 spiro atoms. The molecule has 0 unspecified atom stereocenters. The number of aromatic nitrogens is 1. The van der Waals surface area contributed by atoms with Crippen LogP contribution in [0.5, 0.6) is 0 Å². The number of halogens is 1. The van der Waals surface area contributed by atoms with Gasteiger partial charge in [0.05, 0.1) is 12.9 Å². The maximum absolute atomic E-state index is 14.1. The van der Waals surface area contributed by atoms with Crippen molar-refractivity contribution in [3.05, 3.63) is 78.2 Å². The average Bonchev–Trinajstić information content (AvgIpc) is 2.84. The van der Waals surface area contributed by atoms with Crippen LogP contribution < -0.4 is 4.90 Å². The van der Waals surface area contributed by atoms with Gasteiger partial charge in [0.25, 0.3) is 0 Å². The van der Waals surface area contributed by atoms with Gasteiger partial charge in [0.1, 0.15) is 11.6 Å². The molecule has 5 rings (SSSR count). The summed E-state index contributed by atoms with van der Waals surface area (Å²) in [6.45, 7) is 1.54. The number of hydrogen-bond acceptors (Lipinski definition) is 4. The van der Waals surface area contributed by atoms with Crippen LogP contribution in [0.2, 0.25) is 0 Å². The number of nitrogens with zero attached hydrogens (tertiary/aromatic N) is 4. The predicted molar refractivity (Wildman–Crippen MR) is 128 cm³/mol. The van der Waals surface area contributed by atoms with E-state index in [1.165, 1.54) is 43.0 Å². The molecule has 0 N–H and O–H groups in total. The summed E-state index contributed by atoms with van der Waals surface area (Å²) < 4.78 is 14.1. The summed E-state index contributed by atoms with van der Waals surface area (Å²) in [5.74, 6) is 0.606. The number of anilines is 2. The summed E-state index contributed by atoms with van der Waals surface area (Å²) in [5, 5.41) is 0. The molecule has 3 aromatic rings. The Morgan fingerprint density at radius 3 is 2.41 bits per heavy atom. The molecule has 0 radical (unpaired) electrons.